The summed E-state index contributed by atoms with van der Waals surface area (Å²) in [6.07, 6.45) is 2.86. The largest absolute Gasteiger partial charge is 0.487 e. The molecule has 1 aliphatic rings. The van der Waals surface area contributed by atoms with Gasteiger partial charge in [0.05, 0.1) is 6.61 Å². The molecule has 0 saturated heterocycles. The van der Waals surface area contributed by atoms with E-state index in [0.717, 1.165) is 37.5 Å². The monoisotopic (exact) mass is 299 g/mol. The minimum absolute atomic E-state index is 0.0106. The summed E-state index contributed by atoms with van der Waals surface area (Å²) in [5.74, 6) is -1.14. The van der Waals surface area contributed by atoms with Gasteiger partial charge in [0.15, 0.2) is 11.6 Å². The fraction of sp³-hybridized carbons (Fsp3) is 0.625. The number of halogens is 2. The molecule has 0 aromatic heterocycles. The molecule has 2 rings (SSSR count). The van der Waals surface area contributed by atoms with Crippen LogP contribution in [0.3, 0.4) is 0 Å². The predicted octanol–water partition coefficient (Wildman–Crippen LogP) is 3.02. The van der Waals surface area contributed by atoms with Gasteiger partial charge in [-0.15, -0.1) is 0 Å². The van der Waals surface area contributed by atoms with Crippen LogP contribution >= 0.6 is 0 Å². The number of nitrogens with one attached hydrogen (secondary N) is 1. The average Bonchev–Trinajstić information content (AvgIpc) is 2.42. The molecule has 3 nitrogen and oxygen atoms in total. The maximum Gasteiger partial charge on any atom is 0.165 e. The van der Waals surface area contributed by atoms with Crippen LogP contribution in [0.5, 0.6) is 5.75 Å². The van der Waals surface area contributed by atoms with Gasteiger partial charge in [-0.05, 0) is 31.4 Å². The summed E-state index contributed by atoms with van der Waals surface area (Å²) in [6, 6.07) is 3.45. The van der Waals surface area contributed by atoms with Crippen molar-refractivity contribution in [3.63, 3.8) is 0 Å². The zero-order valence-electron chi connectivity index (χ0n) is 12.5. The zero-order valence-corrected chi connectivity index (χ0v) is 12.5. The number of rotatable bonds is 5. The van der Waals surface area contributed by atoms with Gasteiger partial charge in [0.25, 0.3) is 0 Å². The predicted molar refractivity (Wildman–Crippen MR) is 77.3 cm³/mol. The Kier molecular flexibility index (Phi) is 5.17. The smallest absolute Gasteiger partial charge is 0.165 e. The summed E-state index contributed by atoms with van der Waals surface area (Å²) in [6.45, 7) is 4.05. The highest BCUT2D eigenvalue weighted by atomic mass is 19.1. The van der Waals surface area contributed by atoms with Crippen LogP contribution in [-0.4, -0.2) is 29.4 Å². The molecule has 0 radical (unpaired) electrons. The van der Waals surface area contributed by atoms with Crippen LogP contribution in [0.15, 0.2) is 18.2 Å². The van der Waals surface area contributed by atoms with Crippen LogP contribution in [0, 0.1) is 11.6 Å². The van der Waals surface area contributed by atoms with Crippen LogP contribution in [0.2, 0.25) is 0 Å². The summed E-state index contributed by atoms with van der Waals surface area (Å²) < 4.78 is 32.5. The number of aliphatic hydroxyl groups is 1. The Morgan fingerprint density at radius 1 is 1.43 bits per heavy atom. The first kappa shape index (κ1) is 16.2. The first-order valence-corrected chi connectivity index (χ1v) is 7.44. The normalized spacial score (nSPS) is 26.1. The average molecular weight is 299 g/mol. The van der Waals surface area contributed by atoms with Crippen molar-refractivity contribution in [1.29, 1.82) is 0 Å². The molecule has 21 heavy (non-hydrogen) atoms. The number of hydrogen-bond acceptors (Lipinski definition) is 3. The molecule has 0 bridgehead atoms. The molecule has 1 aliphatic carbocycles. The highest BCUT2D eigenvalue weighted by Crippen LogP contribution is 2.32. The molecule has 118 valence electrons. The third-order valence-corrected chi connectivity index (χ3v) is 3.88. The Morgan fingerprint density at radius 3 is 2.86 bits per heavy atom. The van der Waals surface area contributed by atoms with E-state index in [0.29, 0.717) is 6.42 Å². The van der Waals surface area contributed by atoms with Crippen LogP contribution in [0.1, 0.15) is 39.5 Å². The van der Waals surface area contributed by atoms with E-state index in [1.165, 1.54) is 0 Å². The number of ether oxygens (including phenoxy) is 1. The molecule has 0 spiro atoms. The second kappa shape index (κ2) is 6.71. The van der Waals surface area contributed by atoms with Crippen LogP contribution in [0.4, 0.5) is 8.78 Å². The van der Waals surface area contributed by atoms with E-state index in [1.54, 1.807) is 0 Å². The van der Waals surface area contributed by atoms with Crippen molar-refractivity contribution in [3.05, 3.63) is 29.8 Å². The molecule has 2 atom stereocenters. The fourth-order valence-corrected chi connectivity index (χ4v) is 3.09. The van der Waals surface area contributed by atoms with E-state index in [9.17, 15) is 13.9 Å². The summed E-state index contributed by atoms with van der Waals surface area (Å²) in [7, 11) is 0. The Hall–Kier alpha value is -1.20. The Morgan fingerprint density at radius 2 is 2.19 bits per heavy atom. The van der Waals surface area contributed by atoms with Crippen LogP contribution in [-0.2, 0) is 0 Å². The molecule has 5 heteroatoms. The molecule has 0 heterocycles. The minimum atomic E-state index is -0.562. The Bertz CT molecular complexity index is 481. The lowest BCUT2D eigenvalue weighted by molar-refractivity contribution is 0.0442. The van der Waals surface area contributed by atoms with E-state index < -0.39 is 17.2 Å². The van der Waals surface area contributed by atoms with Gasteiger partial charge in [-0.2, -0.15) is 0 Å². The molecule has 1 fully saturated rings. The van der Waals surface area contributed by atoms with Gasteiger partial charge in [-0.25, -0.2) is 8.78 Å². The summed E-state index contributed by atoms with van der Waals surface area (Å²) in [5, 5.41) is 13.1. The lowest BCUT2D eigenvalue weighted by Crippen LogP contribution is -2.55. The van der Waals surface area contributed by atoms with E-state index in [4.69, 9.17) is 4.74 Å². The van der Waals surface area contributed by atoms with Crippen molar-refractivity contribution < 1.29 is 18.6 Å². The first-order valence-electron chi connectivity index (χ1n) is 7.44. The lowest BCUT2D eigenvalue weighted by atomic mass is 9.80. The Balaban J connectivity index is 2.08. The number of aliphatic hydroxyl groups excluding tert-OH is 1. The summed E-state index contributed by atoms with van der Waals surface area (Å²) in [5.41, 5.74) is -0.402. The molecular weight excluding hydrogens is 276 g/mol. The fourth-order valence-electron chi connectivity index (χ4n) is 3.09. The molecule has 0 aliphatic heterocycles. The van der Waals surface area contributed by atoms with Gasteiger partial charge in [-0.1, -0.05) is 13.8 Å². The van der Waals surface area contributed by atoms with Gasteiger partial charge in [0.1, 0.15) is 11.9 Å². The summed E-state index contributed by atoms with van der Waals surface area (Å²) in [4.78, 5) is 0. The highest BCUT2D eigenvalue weighted by molar-refractivity contribution is 5.25. The Labute approximate surface area is 124 Å². The second-order valence-corrected chi connectivity index (χ2v) is 6.15. The van der Waals surface area contributed by atoms with Crippen molar-refractivity contribution in [2.75, 3.05) is 6.61 Å². The van der Waals surface area contributed by atoms with Crippen molar-refractivity contribution in [2.45, 2.75) is 57.2 Å². The van der Waals surface area contributed by atoms with Gasteiger partial charge in [0.2, 0.25) is 0 Å². The van der Waals surface area contributed by atoms with Crippen molar-refractivity contribution in [2.24, 2.45) is 0 Å². The molecule has 0 amide bonds. The number of hydrogen-bond donors (Lipinski definition) is 2. The second-order valence-electron chi connectivity index (χ2n) is 6.15. The number of benzene rings is 1. The van der Waals surface area contributed by atoms with E-state index >= 15 is 0 Å². The first-order chi connectivity index (χ1) is 9.94. The maximum atomic E-state index is 13.7. The summed E-state index contributed by atoms with van der Waals surface area (Å²) >= 11 is 0. The van der Waals surface area contributed by atoms with E-state index in [-0.39, 0.29) is 24.5 Å². The molecular formula is C16H23F2NO2. The highest BCUT2D eigenvalue weighted by Gasteiger charge is 2.37. The third-order valence-electron chi connectivity index (χ3n) is 3.88. The zero-order chi connectivity index (χ0) is 15.5. The van der Waals surface area contributed by atoms with Gasteiger partial charge < -0.3 is 15.2 Å². The molecule has 1 saturated carbocycles. The molecule has 2 N–H and O–H groups in total. The van der Waals surface area contributed by atoms with Crippen molar-refractivity contribution in [3.8, 4) is 5.75 Å². The topological polar surface area (TPSA) is 41.5 Å². The van der Waals surface area contributed by atoms with Gasteiger partial charge in [0, 0.05) is 24.1 Å². The SMILES string of the molecule is CC(C)NC1(CO)CCCC(Oc2cc(F)ccc2F)C1. The van der Waals surface area contributed by atoms with Gasteiger partial charge in [-0.3, -0.25) is 0 Å². The van der Waals surface area contributed by atoms with E-state index in [2.05, 4.69) is 5.32 Å². The minimum Gasteiger partial charge on any atom is -0.487 e. The lowest BCUT2D eigenvalue weighted by Gasteiger charge is -2.41. The molecule has 1 aromatic rings. The molecule has 2 unspecified atom stereocenters. The van der Waals surface area contributed by atoms with Crippen molar-refractivity contribution in [1.82, 2.24) is 5.32 Å². The molecule has 1 aromatic carbocycles. The van der Waals surface area contributed by atoms with Crippen LogP contribution < -0.4 is 10.1 Å². The van der Waals surface area contributed by atoms with Gasteiger partial charge >= 0.3 is 0 Å². The van der Waals surface area contributed by atoms with Crippen molar-refractivity contribution >= 4 is 0 Å². The quantitative estimate of drug-likeness (QED) is 0.878. The third kappa shape index (κ3) is 4.14. The standard InChI is InChI=1S/C16H23F2NO2/c1-11(2)19-16(10-20)7-3-4-13(9-16)21-15-8-12(17)5-6-14(15)18/h5-6,8,11,13,19-20H,3-4,7,9-10H2,1-2H3. The maximum absolute atomic E-state index is 13.7. The van der Waals surface area contributed by atoms with Crippen LogP contribution in [0.25, 0.3) is 0 Å². The van der Waals surface area contributed by atoms with E-state index in [1.807, 2.05) is 13.8 Å².